The van der Waals surface area contributed by atoms with E-state index >= 15 is 0 Å². The monoisotopic (exact) mass is 139 g/mol. The average molecular weight is 139 g/mol. The second-order valence-corrected chi connectivity index (χ2v) is 1.65. The maximum atomic E-state index is 10.6. The van der Waals surface area contributed by atoms with Gasteiger partial charge < -0.3 is 10.3 Å². The Balaban J connectivity index is 3.30. The number of nitriles is 1. The van der Waals surface area contributed by atoms with E-state index < -0.39 is 5.56 Å². The number of aromatic nitrogens is 1. The molecule has 0 aliphatic heterocycles. The molecule has 0 saturated carbocycles. The maximum Gasteiger partial charge on any atom is 0.298 e. The first-order valence-electron chi connectivity index (χ1n) is 2.60. The minimum Gasteiger partial charge on any atom is -0.381 e. The Morgan fingerprint density at radius 1 is 1.80 bits per heavy atom. The van der Waals surface area contributed by atoms with Crippen LogP contribution in [-0.2, 0) is 6.54 Å². The van der Waals surface area contributed by atoms with Gasteiger partial charge in [0.1, 0.15) is 6.07 Å². The van der Waals surface area contributed by atoms with Crippen molar-refractivity contribution in [2.45, 2.75) is 6.54 Å². The average Bonchev–Trinajstić information content (AvgIpc) is 2.30. The van der Waals surface area contributed by atoms with Gasteiger partial charge in [0.15, 0.2) is 11.3 Å². The van der Waals surface area contributed by atoms with Crippen LogP contribution in [0, 0.1) is 11.3 Å². The molecule has 10 heavy (non-hydrogen) atoms. The highest BCUT2D eigenvalue weighted by Crippen LogP contribution is 1.97. The summed E-state index contributed by atoms with van der Waals surface area (Å²) >= 11 is 0. The third-order valence-electron chi connectivity index (χ3n) is 1.07. The van der Waals surface area contributed by atoms with Gasteiger partial charge in [-0.05, 0) is 0 Å². The first-order valence-corrected chi connectivity index (χ1v) is 2.60. The van der Waals surface area contributed by atoms with Gasteiger partial charge in [-0.15, -0.1) is 0 Å². The standard InChI is InChI=1S/C5H5N3O2/c6-1-3-4(2-7)10-8-5(3)9/h2,7H2,(H,8,9). The van der Waals surface area contributed by atoms with Crippen LogP contribution in [0.2, 0.25) is 0 Å². The summed E-state index contributed by atoms with van der Waals surface area (Å²) in [6.45, 7) is 0.0572. The fourth-order valence-corrected chi connectivity index (χ4v) is 0.593. The van der Waals surface area contributed by atoms with Crippen LogP contribution in [0.25, 0.3) is 0 Å². The lowest BCUT2D eigenvalue weighted by molar-refractivity contribution is 0.380. The Hall–Kier alpha value is -1.54. The molecule has 0 radical (unpaired) electrons. The van der Waals surface area contributed by atoms with Gasteiger partial charge in [0.05, 0.1) is 6.54 Å². The zero-order chi connectivity index (χ0) is 7.56. The Bertz CT molecular complexity index is 316. The molecule has 52 valence electrons. The summed E-state index contributed by atoms with van der Waals surface area (Å²) in [5.41, 5.74) is 4.57. The molecule has 0 bridgehead atoms. The third-order valence-corrected chi connectivity index (χ3v) is 1.07. The molecule has 0 aliphatic carbocycles. The molecule has 1 heterocycles. The first-order chi connectivity index (χ1) is 4.79. The smallest absolute Gasteiger partial charge is 0.298 e. The van der Waals surface area contributed by atoms with Gasteiger partial charge in [0, 0.05) is 0 Å². The minimum absolute atomic E-state index is 0.0394. The van der Waals surface area contributed by atoms with Gasteiger partial charge in [-0.2, -0.15) is 10.4 Å². The van der Waals surface area contributed by atoms with Crippen LogP contribution < -0.4 is 11.3 Å². The van der Waals surface area contributed by atoms with Crippen molar-refractivity contribution in [3.8, 4) is 6.07 Å². The zero-order valence-corrected chi connectivity index (χ0v) is 5.05. The van der Waals surface area contributed by atoms with E-state index in [1.807, 2.05) is 5.16 Å². The molecule has 3 N–H and O–H groups in total. The van der Waals surface area contributed by atoms with Crippen molar-refractivity contribution >= 4 is 0 Å². The van der Waals surface area contributed by atoms with E-state index in [0.29, 0.717) is 0 Å². The predicted octanol–water partition coefficient (Wildman–Crippen LogP) is -0.702. The Kier molecular flexibility index (Phi) is 1.56. The molecule has 5 heteroatoms. The topological polar surface area (TPSA) is 95.8 Å². The second kappa shape index (κ2) is 2.37. The normalized spacial score (nSPS) is 9.20. The molecule has 1 aromatic heterocycles. The number of aromatic amines is 1. The molecule has 0 aliphatic rings. The molecular formula is C5H5N3O2. The van der Waals surface area contributed by atoms with Crippen molar-refractivity contribution in [3.63, 3.8) is 0 Å². The lowest BCUT2D eigenvalue weighted by atomic mass is 10.3. The summed E-state index contributed by atoms with van der Waals surface area (Å²) < 4.78 is 4.55. The molecule has 0 atom stereocenters. The van der Waals surface area contributed by atoms with E-state index in [9.17, 15) is 4.79 Å². The van der Waals surface area contributed by atoms with Crippen molar-refractivity contribution < 1.29 is 4.52 Å². The maximum absolute atomic E-state index is 10.6. The quantitative estimate of drug-likeness (QED) is 0.537. The van der Waals surface area contributed by atoms with E-state index in [4.69, 9.17) is 11.0 Å². The highest BCUT2D eigenvalue weighted by atomic mass is 16.5. The molecule has 0 saturated heterocycles. The molecule has 5 nitrogen and oxygen atoms in total. The SMILES string of the molecule is N#Cc1c(CN)o[nH]c1=O. The van der Waals surface area contributed by atoms with Gasteiger partial charge >= 0.3 is 0 Å². The van der Waals surface area contributed by atoms with Crippen LogP contribution in [0.15, 0.2) is 9.32 Å². The van der Waals surface area contributed by atoms with Crippen LogP contribution in [0.4, 0.5) is 0 Å². The van der Waals surface area contributed by atoms with E-state index in [0.717, 1.165) is 0 Å². The molecule has 1 rings (SSSR count). The van der Waals surface area contributed by atoms with Crippen molar-refractivity contribution in [2.75, 3.05) is 0 Å². The zero-order valence-electron chi connectivity index (χ0n) is 5.05. The fraction of sp³-hybridized carbons (Fsp3) is 0.200. The Morgan fingerprint density at radius 2 is 2.50 bits per heavy atom. The van der Waals surface area contributed by atoms with Gasteiger partial charge in [-0.25, -0.2) is 0 Å². The number of H-pyrrole nitrogens is 1. The molecular weight excluding hydrogens is 134 g/mol. The van der Waals surface area contributed by atoms with Crippen molar-refractivity contribution in [3.05, 3.63) is 21.7 Å². The van der Waals surface area contributed by atoms with E-state index in [1.165, 1.54) is 0 Å². The summed E-state index contributed by atoms with van der Waals surface area (Å²) in [7, 11) is 0. The van der Waals surface area contributed by atoms with E-state index in [-0.39, 0.29) is 17.9 Å². The van der Waals surface area contributed by atoms with Gasteiger partial charge in [0.25, 0.3) is 5.56 Å². The number of rotatable bonds is 1. The third kappa shape index (κ3) is 0.806. The summed E-state index contributed by atoms with van der Waals surface area (Å²) in [4.78, 5) is 10.6. The van der Waals surface area contributed by atoms with Crippen LogP contribution in [0.3, 0.4) is 0 Å². The van der Waals surface area contributed by atoms with E-state index in [2.05, 4.69) is 4.52 Å². The first kappa shape index (κ1) is 6.58. The van der Waals surface area contributed by atoms with Crippen LogP contribution in [0.5, 0.6) is 0 Å². The molecule has 1 aromatic rings. The van der Waals surface area contributed by atoms with Crippen molar-refractivity contribution in [2.24, 2.45) is 5.73 Å². The number of nitrogens with zero attached hydrogens (tertiary/aromatic N) is 1. The van der Waals surface area contributed by atoms with Crippen molar-refractivity contribution in [1.82, 2.24) is 5.16 Å². The highest BCUT2D eigenvalue weighted by Gasteiger charge is 2.08. The van der Waals surface area contributed by atoms with Gasteiger partial charge in [0.2, 0.25) is 0 Å². The summed E-state index contributed by atoms with van der Waals surface area (Å²) in [5, 5.41) is 10.3. The molecule has 0 spiro atoms. The van der Waals surface area contributed by atoms with Gasteiger partial charge in [-0.1, -0.05) is 0 Å². The van der Waals surface area contributed by atoms with Gasteiger partial charge in [-0.3, -0.25) is 4.79 Å². The van der Waals surface area contributed by atoms with Crippen molar-refractivity contribution in [1.29, 1.82) is 5.26 Å². The predicted molar refractivity (Wildman–Crippen MR) is 31.9 cm³/mol. The lowest BCUT2D eigenvalue weighted by Crippen LogP contribution is -2.04. The summed E-state index contributed by atoms with van der Waals surface area (Å²) in [5.74, 6) is 0.201. The molecule has 0 aromatic carbocycles. The van der Waals surface area contributed by atoms with Crippen LogP contribution in [0.1, 0.15) is 11.3 Å². The molecule has 0 fully saturated rings. The highest BCUT2D eigenvalue weighted by molar-refractivity contribution is 5.28. The summed E-state index contributed by atoms with van der Waals surface area (Å²) in [6.07, 6.45) is 0. The summed E-state index contributed by atoms with van der Waals surface area (Å²) in [6, 6.07) is 1.68. The number of nitrogens with two attached hydrogens (primary N) is 1. The molecule has 0 amide bonds. The molecule has 0 unspecified atom stereocenters. The van der Waals surface area contributed by atoms with E-state index in [1.54, 1.807) is 6.07 Å². The largest absolute Gasteiger partial charge is 0.381 e. The Labute approximate surface area is 56.0 Å². The fourth-order valence-electron chi connectivity index (χ4n) is 0.593. The number of hydrogen-bond donors (Lipinski definition) is 2. The minimum atomic E-state index is -0.525. The van der Waals surface area contributed by atoms with Crippen LogP contribution >= 0.6 is 0 Å². The second-order valence-electron chi connectivity index (χ2n) is 1.65. The number of nitrogens with one attached hydrogen (secondary N) is 1. The number of hydrogen-bond acceptors (Lipinski definition) is 4. The van der Waals surface area contributed by atoms with Crippen LogP contribution in [-0.4, -0.2) is 5.16 Å². The Morgan fingerprint density at radius 3 is 2.90 bits per heavy atom. The lowest BCUT2D eigenvalue weighted by Gasteiger charge is -1.82.